The molecule has 0 N–H and O–H groups in total. The first-order valence-corrected chi connectivity index (χ1v) is 10.5. The summed E-state index contributed by atoms with van der Waals surface area (Å²) >= 11 is 0. The van der Waals surface area contributed by atoms with Crippen molar-refractivity contribution in [2.75, 3.05) is 0 Å². The molecule has 31 heavy (non-hydrogen) atoms. The highest BCUT2D eigenvalue weighted by molar-refractivity contribution is 6.10. The molecule has 0 radical (unpaired) electrons. The van der Waals surface area contributed by atoms with Gasteiger partial charge in [0.1, 0.15) is 5.82 Å². The first-order valence-electron chi connectivity index (χ1n) is 10.5. The van der Waals surface area contributed by atoms with Crippen molar-refractivity contribution in [2.45, 2.75) is 0 Å². The summed E-state index contributed by atoms with van der Waals surface area (Å²) in [6.07, 6.45) is 0. The van der Waals surface area contributed by atoms with E-state index >= 15 is 0 Å². The van der Waals surface area contributed by atoms with E-state index in [9.17, 15) is 0 Å². The van der Waals surface area contributed by atoms with Gasteiger partial charge in [-0.3, -0.25) is 4.57 Å². The van der Waals surface area contributed by atoms with Gasteiger partial charge >= 0.3 is 0 Å². The predicted octanol–water partition coefficient (Wildman–Crippen LogP) is 7.51. The van der Waals surface area contributed by atoms with Crippen LogP contribution < -0.4 is 0 Å². The molecule has 0 unspecified atom stereocenters. The molecule has 0 aliphatic heterocycles. The molecule has 0 atom stereocenters. The Labute approximate surface area is 181 Å². The first kappa shape index (κ1) is 17.7. The Morgan fingerprint density at radius 1 is 0.452 bits per heavy atom. The van der Waals surface area contributed by atoms with Gasteiger partial charge in [-0.25, -0.2) is 4.98 Å². The molecule has 0 bridgehead atoms. The zero-order valence-corrected chi connectivity index (χ0v) is 16.9. The highest BCUT2D eigenvalue weighted by Crippen LogP contribution is 2.34. The average molecular weight is 396 g/mol. The summed E-state index contributed by atoms with van der Waals surface area (Å²) in [5.74, 6) is 0.928. The molecular formula is C29H20N2. The first-order chi connectivity index (χ1) is 15.4. The topological polar surface area (TPSA) is 17.8 Å². The molecule has 0 amide bonds. The second-order valence-corrected chi connectivity index (χ2v) is 7.70. The molecule has 6 rings (SSSR count). The monoisotopic (exact) mass is 396 g/mol. The van der Waals surface area contributed by atoms with Gasteiger partial charge in [0, 0.05) is 16.3 Å². The van der Waals surface area contributed by atoms with Crippen LogP contribution in [0.2, 0.25) is 0 Å². The average Bonchev–Trinajstić information content (AvgIpc) is 3.19. The van der Waals surface area contributed by atoms with E-state index in [1.807, 2.05) is 6.07 Å². The summed E-state index contributed by atoms with van der Waals surface area (Å²) in [6.45, 7) is 0. The summed E-state index contributed by atoms with van der Waals surface area (Å²) in [6, 6.07) is 42.4. The van der Waals surface area contributed by atoms with Crippen molar-refractivity contribution in [3.05, 3.63) is 121 Å². The molecule has 0 aliphatic rings. The molecule has 2 heteroatoms. The van der Waals surface area contributed by atoms with Crippen molar-refractivity contribution in [2.24, 2.45) is 0 Å². The SMILES string of the molecule is c1ccc(-c2ccc3c4ccccc4n(-c4cccc(-c5ccccc5)n4)c3c2)cc1. The van der Waals surface area contributed by atoms with Gasteiger partial charge in [-0.2, -0.15) is 0 Å². The van der Waals surface area contributed by atoms with Crippen LogP contribution in [0, 0.1) is 0 Å². The van der Waals surface area contributed by atoms with E-state index in [2.05, 4.69) is 120 Å². The van der Waals surface area contributed by atoms with Crippen LogP contribution in [0.1, 0.15) is 0 Å². The van der Waals surface area contributed by atoms with Crippen molar-refractivity contribution in [1.82, 2.24) is 9.55 Å². The van der Waals surface area contributed by atoms with Gasteiger partial charge in [0.15, 0.2) is 0 Å². The Kier molecular flexibility index (Phi) is 4.14. The Balaban J connectivity index is 1.63. The third-order valence-electron chi connectivity index (χ3n) is 5.81. The van der Waals surface area contributed by atoms with Crippen LogP contribution in [-0.4, -0.2) is 9.55 Å². The van der Waals surface area contributed by atoms with E-state index in [0.29, 0.717) is 0 Å². The highest BCUT2D eigenvalue weighted by Gasteiger charge is 2.14. The van der Waals surface area contributed by atoms with Gasteiger partial charge in [0.05, 0.1) is 16.7 Å². The number of rotatable bonds is 3. The molecule has 146 valence electrons. The van der Waals surface area contributed by atoms with E-state index in [-0.39, 0.29) is 0 Å². The molecule has 2 nitrogen and oxygen atoms in total. The maximum Gasteiger partial charge on any atom is 0.138 e. The Morgan fingerprint density at radius 2 is 1.13 bits per heavy atom. The van der Waals surface area contributed by atoms with Crippen LogP contribution in [0.25, 0.3) is 50.0 Å². The van der Waals surface area contributed by atoms with Gasteiger partial charge in [-0.05, 0) is 35.4 Å². The minimum atomic E-state index is 0.928. The second kappa shape index (κ2) is 7.26. The molecule has 2 heterocycles. The zero-order valence-electron chi connectivity index (χ0n) is 16.9. The van der Waals surface area contributed by atoms with Gasteiger partial charge < -0.3 is 0 Å². The van der Waals surface area contributed by atoms with Crippen molar-refractivity contribution < 1.29 is 0 Å². The summed E-state index contributed by atoms with van der Waals surface area (Å²) in [4.78, 5) is 5.05. The third kappa shape index (κ3) is 3.01. The number of fused-ring (bicyclic) bond motifs is 3. The predicted molar refractivity (Wildman–Crippen MR) is 129 cm³/mol. The fraction of sp³-hybridized carbons (Fsp3) is 0. The second-order valence-electron chi connectivity index (χ2n) is 7.70. The molecule has 0 saturated heterocycles. The van der Waals surface area contributed by atoms with Crippen molar-refractivity contribution in [3.63, 3.8) is 0 Å². The summed E-state index contributed by atoms with van der Waals surface area (Å²) in [5, 5.41) is 2.48. The standard InChI is InChI=1S/C29H20N2/c1-3-10-21(11-4-1)23-18-19-25-24-14-7-8-16-27(24)31(28(25)20-23)29-17-9-15-26(30-29)22-12-5-2-6-13-22/h1-20H. The summed E-state index contributed by atoms with van der Waals surface area (Å²) in [7, 11) is 0. The molecule has 0 aliphatic carbocycles. The normalized spacial score (nSPS) is 11.2. The number of nitrogens with zero attached hydrogens (tertiary/aromatic N) is 2. The summed E-state index contributed by atoms with van der Waals surface area (Å²) < 4.78 is 2.28. The van der Waals surface area contributed by atoms with Crippen LogP contribution in [0.15, 0.2) is 121 Å². The largest absolute Gasteiger partial charge is 0.294 e. The molecule has 0 saturated carbocycles. The molecule has 6 aromatic rings. The maximum absolute atomic E-state index is 5.05. The number of benzene rings is 4. The molecule has 0 fully saturated rings. The van der Waals surface area contributed by atoms with Crippen molar-refractivity contribution in [1.29, 1.82) is 0 Å². The van der Waals surface area contributed by atoms with Crippen LogP contribution in [-0.2, 0) is 0 Å². The van der Waals surface area contributed by atoms with E-state index in [1.54, 1.807) is 0 Å². The third-order valence-corrected chi connectivity index (χ3v) is 5.81. The maximum atomic E-state index is 5.05. The van der Waals surface area contributed by atoms with Crippen molar-refractivity contribution >= 4 is 21.8 Å². The number of aromatic nitrogens is 2. The van der Waals surface area contributed by atoms with Crippen LogP contribution in [0.5, 0.6) is 0 Å². The number of hydrogen-bond acceptors (Lipinski definition) is 1. The lowest BCUT2D eigenvalue weighted by Gasteiger charge is -2.10. The summed E-state index contributed by atoms with van der Waals surface area (Å²) in [5.41, 5.74) is 6.85. The molecule has 2 aromatic heterocycles. The lowest BCUT2D eigenvalue weighted by atomic mass is 10.0. The molecule has 4 aromatic carbocycles. The van der Waals surface area contributed by atoms with Gasteiger partial charge in [-0.15, -0.1) is 0 Å². The molecule has 0 spiro atoms. The van der Waals surface area contributed by atoms with Gasteiger partial charge in [-0.1, -0.05) is 97.1 Å². The van der Waals surface area contributed by atoms with Gasteiger partial charge in [0.25, 0.3) is 0 Å². The van der Waals surface area contributed by atoms with Gasteiger partial charge in [0.2, 0.25) is 0 Å². The number of pyridine rings is 1. The smallest absolute Gasteiger partial charge is 0.138 e. The lowest BCUT2D eigenvalue weighted by Crippen LogP contribution is -1.98. The highest BCUT2D eigenvalue weighted by atomic mass is 15.1. The van der Waals surface area contributed by atoms with E-state index in [1.165, 1.54) is 32.9 Å². The van der Waals surface area contributed by atoms with E-state index in [0.717, 1.165) is 17.1 Å². The fourth-order valence-electron chi connectivity index (χ4n) is 4.35. The van der Waals surface area contributed by atoms with E-state index < -0.39 is 0 Å². The van der Waals surface area contributed by atoms with E-state index in [4.69, 9.17) is 4.98 Å². The Bertz CT molecular complexity index is 1510. The Hall–Kier alpha value is -4.17. The number of hydrogen-bond donors (Lipinski definition) is 0. The number of para-hydroxylation sites is 1. The van der Waals surface area contributed by atoms with Crippen molar-refractivity contribution in [3.8, 4) is 28.2 Å². The zero-order chi connectivity index (χ0) is 20.6. The fourth-order valence-corrected chi connectivity index (χ4v) is 4.35. The van der Waals surface area contributed by atoms with Crippen LogP contribution in [0.4, 0.5) is 0 Å². The minimum Gasteiger partial charge on any atom is -0.294 e. The molecular weight excluding hydrogens is 376 g/mol. The van der Waals surface area contributed by atoms with Crippen LogP contribution >= 0.6 is 0 Å². The lowest BCUT2D eigenvalue weighted by molar-refractivity contribution is 1.08. The minimum absolute atomic E-state index is 0.928. The van der Waals surface area contributed by atoms with Crippen LogP contribution in [0.3, 0.4) is 0 Å². The quantitative estimate of drug-likeness (QED) is 0.303. The Morgan fingerprint density at radius 3 is 1.94 bits per heavy atom.